The lowest BCUT2D eigenvalue weighted by Gasteiger charge is -2.39. The summed E-state index contributed by atoms with van der Waals surface area (Å²) in [6.45, 7) is 6.88. The molecule has 8 rings (SSSR count). The number of carbonyl (C=O) groups is 2. The smallest absolute Gasteiger partial charge is 0.279 e. The summed E-state index contributed by atoms with van der Waals surface area (Å²) in [5, 5.41) is 18.4. The molecule has 3 aliphatic rings. The molecule has 5 atom stereocenters. The Hall–Kier alpha value is -4.97. The molecule has 0 unspecified atom stereocenters. The molecule has 0 saturated carbocycles. The number of anilines is 1. The predicted molar refractivity (Wildman–Crippen MR) is 198 cm³/mol. The normalized spacial score (nSPS) is 24.1. The highest BCUT2D eigenvalue weighted by Gasteiger charge is 2.65. The minimum absolute atomic E-state index is 0.0613. The van der Waals surface area contributed by atoms with Crippen LogP contribution in [0.5, 0.6) is 5.75 Å². The summed E-state index contributed by atoms with van der Waals surface area (Å²) in [5.41, 5.74) is 3.06. The van der Waals surface area contributed by atoms with Crippen molar-refractivity contribution in [2.75, 3.05) is 19.0 Å². The number of nitrogens with one attached hydrogen (secondary N) is 2. The fourth-order valence-electron chi connectivity index (χ4n) is 9.03. The number of nitrogens with zero attached hydrogens (tertiary/aromatic N) is 2. The Kier molecular flexibility index (Phi) is 8.04. The summed E-state index contributed by atoms with van der Waals surface area (Å²) < 4.78 is 14.1. The number of aromatic nitrogens is 2. The Bertz CT molecular complexity index is 2230. The van der Waals surface area contributed by atoms with Gasteiger partial charge in [0.05, 0.1) is 56.9 Å². The van der Waals surface area contributed by atoms with E-state index in [9.17, 15) is 19.5 Å². The van der Waals surface area contributed by atoms with Crippen LogP contribution in [0.2, 0.25) is 18.6 Å². The van der Waals surface area contributed by atoms with Crippen molar-refractivity contribution in [2.24, 2.45) is 5.92 Å². The van der Waals surface area contributed by atoms with Crippen LogP contribution in [0.1, 0.15) is 30.0 Å². The average Bonchev–Trinajstić information content (AvgIpc) is 3.75. The van der Waals surface area contributed by atoms with Gasteiger partial charge in [0.25, 0.3) is 11.5 Å². The van der Waals surface area contributed by atoms with E-state index >= 15 is 0 Å². The SMILES string of the molecule is COc1ccc([Si](C)(C)[C@H]2[C@H](CC(=O)N3Cc4ccccc4C[C@H]3CO)O[C@@]3(C(=O)Nc4ccc(-n5[nH]c6ccccc6c5=O)cc43)[C@@H]2C)cc1. The zero-order chi connectivity index (χ0) is 35.7. The standard InChI is InChI=1S/C40H42N4O6Si/c1-24-37(51(3,4)30-16-14-29(49-2)15-17-30)35(21-36(46)43-22-26-10-6-5-9-25(26)19-28(43)23-45)50-40(24)32-20-27(13-18-34(32)41-39(40)48)44-38(47)31-11-7-8-12-33(31)42-44/h5-18,20,24,28,35,37,42,45H,19,21-23H2,1-4H3,(H,41,48)/t24-,28+,35+,37-,40+/m1/s1. The number of hydrogen-bond donors (Lipinski definition) is 3. The maximum atomic E-state index is 14.4. The Morgan fingerprint density at radius 2 is 1.73 bits per heavy atom. The van der Waals surface area contributed by atoms with Crippen LogP contribution in [0.15, 0.2) is 95.8 Å². The maximum Gasteiger partial charge on any atom is 0.279 e. The average molecular weight is 703 g/mol. The molecular formula is C40H42N4O6Si. The van der Waals surface area contributed by atoms with Crippen molar-refractivity contribution < 1.29 is 24.2 Å². The molecule has 10 nitrogen and oxygen atoms in total. The zero-order valence-electron chi connectivity index (χ0n) is 29.2. The summed E-state index contributed by atoms with van der Waals surface area (Å²) in [4.78, 5) is 44.0. The lowest BCUT2D eigenvalue weighted by molar-refractivity contribution is -0.149. The number of aliphatic hydroxyl groups is 1. The van der Waals surface area contributed by atoms with Crippen LogP contribution >= 0.6 is 0 Å². The number of aromatic amines is 1. The number of ether oxygens (including phenoxy) is 2. The van der Waals surface area contributed by atoms with E-state index in [1.54, 1.807) is 18.1 Å². The van der Waals surface area contributed by atoms with Gasteiger partial charge in [-0.05, 0) is 65.6 Å². The second-order valence-electron chi connectivity index (χ2n) is 14.7. The Balaban J connectivity index is 1.21. The van der Waals surface area contributed by atoms with Gasteiger partial charge in [0.15, 0.2) is 5.60 Å². The molecule has 1 fully saturated rings. The number of fused-ring (bicyclic) bond motifs is 4. The van der Waals surface area contributed by atoms with Gasteiger partial charge in [-0.2, -0.15) is 0 Å². The number of H-pyrrole nitrogens is 1. The third kappa shape index (κ3) is 5.17. The highest BCUT2D eigenvalue weighted by molar-refractivity contribution is 6.91. The number of carbonyl (C=O) groups excluding carboxylic acids is 2. The van der Waals surface area contributed by atoms with Crippen molar-refractivity contribution in [1.82, 2.24) is 14.7 Å². The second kappa shape index (κ2) is 12.4. The molecule has 51 heavy (non-hydrogen) atoms. The van der Waals surface area contributed by atoms with E-state index in [4.69, 9.17) is 9.47 Å². The molecule has 1 saturated heterocycles. The largest absolute Gasteiger partial charge is 0.497 e. The first-order chi connectivity index (χ1) is 24.6. The van der Waals surface area contributed by atoms with Crippen molar-refractivity contribution in [3.05, 3.63) is 118 Å². The van der Waals surface area contributed by atoms with Crippen LogP contribution in [0.3, 0.4) is 0 Å². The third-order valence-electron chi connectivity index (χ3n) is 11.7. The lowest BCUT2D eigenvalue weighted by Crippen LogP contribution is -2.52. The van der Waals surface area contributed by atoms with E-state index < -0.39 is 19.8 Å². The molecule has 1 aromatic heterocycles. The minimum Gasteiger partial charge on any atom is -0.497 e. The van der Waals surface area contributed by atoms with E-state index in [1.165, 1.54) is 4.68 Å². The van der Waals surface area contributed by atoms with Gasteiger partial charge in [0.2, 0.25) is 5.91 Å². The van der Waals surface area contributed by atoms with Gasteiger partial charge in [0, 0.05) is 23.7 Å². The van der Waals surface area contributed by atoms with E-state index in [0.29, 0.717) is 40.8 Å². The van der Waals surface area contributed by atoms with Crippen LogP contribution in [0.4, 0.5) is 5.69 Å². The van der Waals surface area contributed by atoms with Crippen LogP contribution in [-0.2, 0) is 32.9 Å². The molecule has 0 bridgehead atoms. The van der Waals surface area contributed by atoms with Gasteiger partial charge in [-0.3, -0.25) is 19.5 Å². The molecule has 4 aromatic carbocycles. The van der Waals surface area contributed by atoms with Crippen molar-refractivity contribution >= 4 is 41.7 Å². The van der Waals surface area contributed by atoms with E-state index in [-0.39, 0.29) is 47.9 Å². The first-order valence-electron chi connectivity index (χ1n) is 17.5. The molecular weight excluding hydrogens is 661 g/mol. The van der Waals surface area contributed by atoms with Crippen molar-refractivity contribution in [2.45, 2.75) is 62.7 Å². The highest BCUT2D eigenvalue weighted by Crippen LogP contribution is 2.59. The van der Waals surface area contributed by atoms with Gasteiger partial charge < -0.3 is 24.8 Å². The number of methoxy groups -OCH3 is 1. The van der Waals surface area contributed by atoms with Crippen LogP contribution in [0, 0.1) is 5.92 Å². The summed E-state index contributed by atoms with van der Waals surface area (Å²) in [5.74, 6) is 0.0440. The van der Waals surface area contributed by atoms with Crippen LogP contribution < -0.4 is 20.8 Å². The highest BCUT2D eigenvalue weighted by atomic mass is 28.3. The van der Waals surface area contributed by atoms with Crippen molar-refractivity contribution in [1.29, 1.82) is 0 Å². The Labute approximate surface area is 297 Å². The minimum atomic E-state index is -2.50. The van der Waals surface area contributed by atoms with Gasteiger partial charge in [-0.15, -0.1) is 0 Å². The lowest BCUT2D eigenvalue weighted by atomic mass is 9.82. The van der Waals surface area contributed by atoms with Gasteiger partial charge in [0.1, 0.15) is 5.75 Å². The van der Waals surface area contributed by atoms with E-state index in [1.807, 2.05) is 66.7 Å². The zero-order valence-corrected chi connectivity index (χ0v) is 30.2. The predicted octanol–water partition coefficient (Wildman–Crippen LogP) is 4.83. The topological polar surface area (TPSA) is 126 Å². The molecule has 1 spiro atoms. The molecule has 0 aliphatic carbocycles. The second-order valence-corrected chi connectivity index (χ2v) is 19.4. The van der Waals surface area contributed by atoms with Crippen LogP contribution in [0.25, 0.3) is 16.6 Å². The number of hydrogen-bond acceptors (Lipinski definition) is 6. The maximum absolute atomic E-state index is 14.4. The van der Waals surface area contributed by atoms with E-state index in [0.717, 1.165) is 22.1 Å². The van der Waals surface area contributed by atoms with Crippen molar-refractivity contribution in [3.63, 3.8) is 0 Å². The number of rotatable bonds is 7. The first kappa shape index (κ1) is 33.2. The molecule has 262 valence electrons. The van der Waals surface area contributed by atoms with Gasteiger partial charge in [-0.25, -0.2) is 4.68 Å². The molecule has 3 N–H and O–H groups in total. The molecule has 2 amide bonds. The van der Waals surface area contributed by atoms with Gasteiger partial charge >= 0.3 is 0 Å². The summed E-state index contributed by atoms with van der Waals surface area (Å²) in [6.07, 6.45) is 0.0426. The number of aliphatic hydroxyl groups excluding tert-OH is 1. The Morgan fingerprint density at radius 3 is 2.45 bits per heavy atom. The number of para-hydroxylation sites is 1. The fraction of sp³-hybridized carbons (Fsp3) is 0.325. The number of amides is 2. The first-order valence-corrected chi connectivity index (χ1v) is 20.6. The molecule has 11 heteroatoms. The Morgan fingerprint density at radius 1 is 1.00 bits per heavy atom. The molecule has 5 aromatic rings. The van der Waals surface area contributed by atoms with E-state index in [2.05, 4.69) is 48.6 Å². The molecule has 0 radical (unpaired) electrons. The van der Waals surface area contributed by atoms with Gasteiger partial charge in [-0.1, -0.05) is 73.7 Å². The summed E-state index contributed by atoms with van der Waals surface area (Å²) >= 11 is 0. The molecule has 4 heterocycles. The molecule has 3 aliphatic heterocycles. The number of benzene rings is 4. The van der Waals surface area contributed by atoms with Crippen LogP contribution in [-0.4, -0.2) is 65.5 Å². The summed E-state index contributed by atoms with van der Waals surface area (Å²) in [6, 6.07) is 28.6. The van der Waals surface area contributed by atoms with Crippen molar-refractivity contribution in [3.8, 4) is 11.4 Å². The quantitative estimate of drug-likeness (QED) is 0.209. The third-order valence-corrected chi connectivity index (χ3v) is 16.0. The monoisotopic (exact) mass is 702 g/mol. The fourth-order valence-corrected chi connectivity index (χ4v) is 13.0. The summed E-state index contributed by atoms with van der Waals surface area (Å²) in [7, 11) is -0.861.